The molecule has 0 saturated carbocycles. The Balaban J connectivity index is 0.00000133. The van der Waals surface area contributed by atoms with Crippen molar-refractivity contribution in [3.8, 4) is 21.7 Å². The van der Waals surface area contributed by atoms with E-state index in [-0.39, 0.29) is 24.0 Å². The zero-order valence-corrected chi connectivity index (χ0v) is 13.6. The molecule has 96 valence electrons. The van der Waals surface area contributed by atoms with E-state index in [9.17, 15) is 0 Å². The molecule has 0 aliphatic carbocycles. The summed E-state index contributed by atoms with van der Waals surface area (Å²) in [4.78, 5) is 1.32. The molecule has 0 fully saturated rings. The summed E-state index contributed by atoms with van der Waals surface area (Å²) in [6.45, 7) is 0. The van der Waals surface area contributed by atoms with E-state index >= 15 is 0 Å². The van der Waals surface area contributed by atoms with Crippen molar-refractivity contribution in [2.24, 2.45) is 7.05 Å². The molecule has 0 radical (unpaired) electrons. The summed E-state index contributed by atoms with van der Waals surface area (Å²) in [5.41, 5.74) is 5.99. The first-order valence-electron chi connectivity index (χ1n) is 5.94. The third-order valence-electron chi connectivity index (χ3n) is 2.98. The van der Waals surface area contributed by atoms with E-state index in [1.54, 1.807) is 11.3 Å². The summed E-state index contributed by atoms with van der Waals surface area (Å²) >= 11 is 1.79. The van der Waals surface area contributed by atoms with E-state index in [4.69, 9.17) is 0 Å². The fourth-order valence-corrected chi connectivity index (χ4v) is 3.14. The van der Waals surface area contributed by atoms with Crippen LogP contribution in [0.4, 0.5) is 0 Å². The van der Waals surface area contributed by atoms with Gasteiger partial charge in [0.25, 0.3) is 0 Å². The Morgan fingerprint density at radius 2 is 1.32 bits per heavy atom. The fourth-order valence-electron chi connectivity index (χ4n) is 2.13. The van der Waals surface area contributed by atoms with Gasteiger partial charge in [0.2, 0.25) is 11.2 Å². The smallest absolute Gasteiger partial charge is 0.231 e. The Labute approximate surface area is 134 Å². The Morgan fingerprint density at radius 1 is 0.789 bits per heavy atom. The van der Waals surface area contributed by atoms with E-state index in [1.165, 1.54) is 21.7 Å². The van der Waals surface area contributed by atoms with Gasteiger partial charge in [0.15, 0.2) is 0 Å². The molecular weight excluding hydrogens is 365 g/mol. The first kappa shape index (κ1) is 14.2. The average Bonchev–Trinajstić information content (AvgIpc) is 2.83. The Morgan fingerprint density at radius 3 is 1.89 bits per heavy atom. The largest absolute Gasteiger partial charge is 1.00 e. The SMILES string of the molecule is C[n+]1csc(-c2ccccc2)c1-c1ccccc1.[I-]. The van der Waals surface area contributed by atoms with Gasteiger partial charge in [-0.15, -0.1) is 0 Å². The minimum absolute atomic E-state index is 0. The van der Waals surface area contributed by atoms with Crippen molar-refractivity contribution in [2.75, 3.05) is 0 Å². The third-order valence-corrected chi connectivity index (χ3v) is 4.07. The average molecular weight is 379 g/mol. The molecule has 1 heterocycles. The molecule has 3 aromatic rings. The second-order valence-electron chi connectivity index (χ2n) is 4.24. The summed E-state index contributed by atoms with van der Waals surface area (Å²) < 4.78 is 2.20. The quantitative estimate of drug-likeness (QED) is 0.461. The van der Waals surface area contributed by atoms with Crippen LogP contribution in [0.3, 0.4) is 0 Å². The molecule has 0 aliphatic heterocycles. The zero-order valence-electron chi connectivity index (χ0n) is 10.6. The molecule has 3 heteroatoms. The molecule has 0 atom stereocenters. The molecular formula is C16H14INS. The molecule has 0 bridgehead atoms. The number of aromatic nitrogens is 1. The summed E-state index contributed by atoms with van der Waals surface area (Å²) in [7, 11) is 2.10. The van der Waals surface area contributed by atoms with Crippen LogP contribution in [0.1, 0.15) is 0 Å². The van der Waals surface area contributed by atoms with E-state index in [0.29, 0.717) is 0 Å². The van der Waals surface area contributed by atoms with Crippen molar-refractivity contribution in [3.05, 3.63) is 66.2 Å². The van der Waals surface area contributed by atoms with Gasteiger partial charge in [-0.05, 0) is 17.7 Å². The van der Waals surface area contributed by atoms with Crippen LogP contribution in [-0.2, 0) is 7.05 Å². The summed E-state index contributed by atoms with van der Waals surface area (Å²) in [6.07, 6.45) is 0. The maximum Gasteiger partial charge on any atom is 0.231 e. The second-order valence-corrected chi connectivity index (χ2v) is 5.10. The van der Waals surface area contributed by atoms with Crippen molar-refractivity contribution < 1.29 is 28.5 Å². The van der Waals surface area contributed by atoms with Crippen LogP contribution in [0.5, 0.6) is 0 Å². The van der Waals surface area contributed by atoms with Gasteiger partial charge >= 0.3 is 0 Å². The van der Waals surface area contributed by atoms with E-state index < -0.39 is 0 Å². The highest BCUT2D eigenvalue weighted by Gasteiger charge is 2.19. The minimum atomic E-state index is 0. The molecule has 1 nitrogen and oxygen atoms in total. The van der Waals surface area contributed by atoms with Crippen molar-refractivity contribution in [1.29, 1.82) is 0 Å². The highest BCUT2D eigenvalue weighted by atomic mass is 127. The zero-order chi connectivity index (χ0) is 12.4. The standard InChI is InChI=1S/C16H14NS.HI/c1-17-12-18-16(14-10-6-3-7-11-14)15(17)13-8-4-2-5-9-13;/h2-12H,1H3;1H/q+1;/p-1. The number of rotatable bonds is 2. The highest BCUT2D eigenvalue weighted by Crippen LogP contribution is 2.32. The van der Waals surface area contributed by atoms with Gasteiger partial charge in [-0.2, -0.15) is 4.57 Å². The predicted molar refractivity (Wildman–Crippen MR) is 76.4 cm³/mol. The van der Waals surface area contributed by atoms with Gasteiger partial charge in [-0.25, -0.2) is 0 Å². The number of hydrogen-bond donors (Lipinski definition) is 0. The molecule has 0 spiro atoms. The monoisotopic (exact) mass is 379 g/mol. The van der Waals surface area contributed by atoms with Gasteiger partial charge < -0.3 is 24.0 Å². The lowest BCUT2D eigenvalue weighted by Gasteiger charge is -2.00. The van der Waals surface area contributed by atoms with Crippen LogP contribution < -0.4 is 28.5 Å². The number of nitrogens with zero attached hydrogens (tertiary/aromatic N) is 1. The fraction of sp³-hybridized carbons (Fsp3) is 0.0625. The van der Waals surface area contributed by atoms with Gasteiger partial charge in [-0.3, -0.25) is 0 Å². The number of aryl methyl sites for hydroxylation is 1. The Hall–Kier alpha value is -1.20. The van der Waals surface area contributed by atoms with Crippen LogP contribution in [-0.4, -0.2) is 0 Å². The van der Waals surface area contributed by atoms with Crippen LogP contribution >= 0.6 is 11.3 Å². The minimum Gasteiger partial charge on any atom is -1.00 e. The number of hydrogen-bond acceptors (Lipinski definition) is 1. The first-order chi connectivity index (χ1) is 8.86. The summed E-state index contributed by atoms with van der Waals surface area (Å²) in [6, 6.07) is 21.1. The lowest BCUT2D eigenvalue weighted by molar-refractivity contribution is -0.655. The Kier molecular flexibility index (Phi) is 4.71. The number of thiazole rings is 1. The van der Waals surface area contributed by atoms with Gasteiger partial charge in [0, 0.05) is 5.56 Å². The van der Waals surface area contributed by atoms with E-state index in [2.05, 4.69) is 77.8 Å². The van der Waals surface area contributed by atoms with Gasteiger partial charge in [-0.1, -0.05) is 59.9 Å². The molecule has 2 aromatic carbocycles. The third kappa shape index (κ3) is 2.87. The van der Waals surface area contributed by atoms with Crippen molar-refractivity contribution in [1.82, 2.24) is 0 Å². The molecule has 0 N–H and O–H groups in total. The highest BCUT2D eigenvalue weighted by molar-refractivity contribution is 7.13. The summed E-state index contributed by atoms with van der Waals surface area (Å²) in [5.74, 6) is 0. The predicted octanol–water partition coefficient (Wildman–Crippen LogP) is 0.911. The molecule has 19 heavy (non-hydrogen) atoms. The molecule has 1 aromatic heterocycles. The molecule has 3 rings (SSSR count). The summed E-state index contributed by atoms with van der Waals surface area (Å²) in [5, 5.41) is 0. The molecule has 0 aliphatic rings. The first-order valence-corrected chi connectivity index (χ1v) is 6.82. The maximum absolute atomic E-state index is 2.20. The van der Waals surface area contributed by atoms with Crippen molar-refractivity contribution in [3.63, 3.8) is 0 Å². The normalized spacial score (nSPS) is 9.95. The maximum atomic E-state index is 2.20. The number of benzene rings is 2. The molecule has 0 amide bonds. The lowest BCUT2D eigenvalue weighted by Crippen LogP contribution is -3.00. The van der Waals surface area contributed by atoms with E-state index in [0.717, 1.165) is 0 Å². The van der Waals surface area contributed by atoms with Gasteiger partial charge in [0.1, 0.15) is 11.9 Å². The number of halogens is 1. The van der Waals surface area contributed by atoms with Crippen LogP contribution in [0, 0.1) is 0 Å². The van der Waals surface area contributed by atoms with Crippen LogP contribution in [0.15, 0.2) is 66.2 Å². The lowest BCUT2D eigenvalue weighted by atomic mass is 10.1. The van der Waals surface area contributed by atoms with Crippen molar-refractivity contribution in [2.45, 2.75) is 0 Å². The van der Waals surface area contributed by atoms with Crippen LogP contribution in [0.2, 0.25) is 0 Å². The second kappa shape index (κ2) is 6.30. The van der Waals surface area contributed by atoms with Gasteiger partial charge in [0.05, 0.1) is 0 Å². The molecule has 0 saturated heterocycles. The van der Waals surface area contributed by atoms with Crippen LogP contribution in [0.25, 0.3) is 21.7 Å². The molecule has 0 unspecified atom stereocenters. The Bertz CT molecular complexity index is 647. The van der Waals surface area contributed by atoms with Crippen molar-refractivity contribution >= 4 is 11.3 Å². The van der Waals surface area contributed by atoms with E-state index in [1.807, 2.05) is 0 Å². The topological polar surface area (TPSA) is 3.88 Å².